The summed E-state index contributed by atoms with van der Waals surface area (Å²) in [5, 5.41) is 33.3. The van der Waals surface area contributed by atoms with Crippen LogP contribution in [0.1, 0.15) is 90.9 Å². The van der Waals surface area contributed by atoms with Crippen LogP contribution in [-0.4, -0.2) is 71.2 Å². The molecule has 6 nitrogen and oxygen atoms in total. The van der Waals surface area contributed by atoms with Crippen molar-refractivity contribution in [2.75, 3.05) is 0 Å². The van der Waals surface area contributed by atoms with Crippen LogP contribution in [0.25, 0.3) is 0 Å². The summed E-state index contributed by atoms with van der Waals surface area (Å²) in [7, 11) is 0. The third-order valence-electron chi connectivity index (χ3n) is 3.41. The topological polar surface area (TPSA) is 126 Å². The molecule has 0 aromatic carbocycles. The molecule has 0 aliphatic heterocycles. The van der Waals surface area contributed by atoms with Crippen molar-refractivity contribution in [2.45, 2.75) is 99.8 Å². The molecule has 0 spiro atoms. The molecule has 0 unspecified atom stereocenters. The van der Waals surface area contributed by atoms with Gasteiger partial charge in [0.2, 0.25) is 0 Å². The summed E-state index contributed by atoms with van der Waals surface area (Å²) >= 11 is 0.0736. The Bertz CT molecular complexity index is 246. The van der Waals surface area contributed by atoms with Crippen LogP contribution < -0.4 is 20.4 Å². The fraction of sp³-hybridized carbons (Fsp3) is 0.889. The average Bonchev–Trinajstić information content (AvgIpc) is 2.51. The van der Waals surface area contributed by atoms with Crippen molar-refractivity contribution in [1.29, 1.82) is 0 Å². The van der Waals surface area contributed by atoms with Gasteiger partial charge >= 0.3 is 159 Å². The molecule has 0 N–H and O–H groups in total. The first kappa shape index (κ1) is 34.1. The second kappa shape index (κ2) is 33.2. The Balaban J connectivity index is -0.000000226. The van der Waals surface area contributed by atoms with E-state index < -0.39 is 12.3 Å². The number of carbonyl (C=O) groups excluding carboxylic acids is 2. The summed E-state index contributed by atoms with van der Waals surface area (Å²) in [6.07, 6.45) is 13.2. The van der Waals surface area contributed by atoms with Gasteiger partial charge in [0.05, 0.1) is 0 Å². The summed E-state index contributed by atoms with van der Waals surface area (Å²) in [6, 6.07) is 0. The normalized spacial score (nSPS) is 8.69. The first-order valence-corrected chi connectivity index (χ1v) is 13.4. The van der Waals surface area contributed by atoms with Gasteiger partial charge in [0, 0.05) is 0 Å². The number of carboxylic acid groups (broad SMARTS) is 4. The molecular formula is C18H34CaO6Sn. The summed E-state index contributed by atoms with van der Waals surface area (Å²) in [6.45, 7) is 4.60. The Labute approximate surface area is 199 Å². The van der Waals surface area contributed by atoms with Gasteiger partial charge in [0.1, 0.15) is 0 Å². The molecule has 0 rings (SSSR count). The maximum atomic E-state index is 8.33. The van der Waals surface area contributed by atoms with Gasteiger partial charge in [-0.05, 0) is 12.3 Å². The molecule has 0 amide bonds. The van der Waals surface area contributed by atoms with Gasteiger partial charge in [-0.3, -0.25) is 0 Å². The predicted molar refractivity (Wildman–Crippen MR) is 98.7 cm³/mol. The molecule has 0 saturated carbocycles. The van der Waals surface area contributed by atoms with Crippen LogP contribution in [0, 0.1) is 0 Å². The van der Waals surface area contributed by atoms with Gasteiger partial charge in [0.25, 0.3) is 0 Å². The zero-order valence-electron chi connectivity index (χ0n) is 16.6. The van der Waals surface area contributed by atoms with Gasteiger partial charge in [0.15, 0.2) is 0 Å². The average molecular weight is 505 g/mol. The van der Waals surface area contributed by atoms with Gasteiger partial charge < -0.3 is 30.0 Å². The SMILES string of the molecule is CCCCCCC[CH2][Sn+2][CH2]CCCCCCC.O=C([O-])[O-].O=C([O-])[O-].[Ca+2]. The molecule has 0 atom stereocenters. The first-order chi connectivity index (χ1) is 11.9. The zero-order valence-corrected chi connectivity index (χ0v) is 21.6. The van der Waals surface area contributed by atoms with Crippen LogP contribution in [0.2, 0.25) is 8.87 Å². The van der Waals surface area contributed by atoms with Crippen molar-refractivity contribution >= 4 is 71.2 Å². The Hall–Kier alpha value is 0.598. The molecule has 0 aromatic rings. The molecule has 0 saturated heterocycles. The Morgan fingerprint density at radius 3 is 1.08 bits per heavy atom. The smallest absolute Gasteiger partial charge is 0.652 e. The Morgan fingerprint density at radius 2 is 0.808 bits per heavy atom. The minimum atomic E-state index is -2.33. The van der Waals surface area contributed by atoms with Gasteiger partial charge in [-0.15, -0.1) is 0 Å². The van der Waals surface area contributed by atoms with E-state index >= 15 is 0 Å². The summed E-state index contributed by atoms with van der Waals surface area (Å²) < 4.78 is 3.31. The molecule has 26 heavy (non-hydrogen) atoms. The zero-order chi connectivity index (χ0) is 19.8. The summed E-state index contributed by atoms with van der Waals surface area (Å²) in [5.74, 6) is 0. The van der Waals surface area contributed by atoms with Crippen molar-refractivity contribution in [1.82, 2.24) is 0 Å². The largest absolute Gasteiger partial charge is 2.00 e. The number of carbonyl (C=O) groups is 2. The van der Waals surface area contributed by atoms with Crippen LogP contribution in [0.5, 0.6) is 0 Å². The van der Waals surface area contributed by atoms with E-state index in [0.29, 0.717) is 0 Å². The minimum absolute atomic E-state index is 0. The third kappa shape index (κ3) is 64.3. The van der Waals surface area contributed by atoms with Gasteiger partial charge in [-0.25, -0.2) is 0 Å². The number of hydrogen-bond acceptors (Lipinski definition) is 6. The van der Waals surface area contributed by atoms with Crippen molar-refractivity contribution in [3.8, 4) is 0 Å². The third-order valence-corrected chi connectivity index (χ3v) is 7.45. The standard InChI is InChI=1S/2C8H17.2CH2O3.Ca.Sn/c2*1-3-5-7-8-6-4-2;2*2-1(3)4;;/h2*1,3-8H2,2H3;2*(H2,2,3,4);;/q;;;;2*+2/p-4. The van der Waals surface area contributed by atoms with Gasteiger partial charge in [-0.1, -0.05) is 0 Å². The van der Waals surface area contributed by atoms with E-state index in [4.69, 9.17) is 30.0 Å². The number of hydrogen-bond donors (Lipinski definition) is 0. The molecule has 0 aliphatic carbocycles. The molecule has 8 heteroatoms. The molecule has 0 heterocycles. The fourth-order valence-corrected chi connectivity index (χ4v) is 5.75. The minimum Gasteiger partial charge on any atom is -0.652 e. The summed E-state index contributed by atoms with van der Waals surface area (Å²) in [5.41, 5.74) is 0. The predicted octanol–water partition coefficient (Wildman–Crippen LogP) is 0.973. The van der Waals surface area contributed by atoms with E-state index in [0.717, 1.165) is 0 Å². The molecular weight excluding hydrogens is 471 g/mol. The van der Waals surface area contributed by atoms with E-state index in [1.54, 1.807) is 21.7 Å². The number of unbranched alkanes of at least 4 members (excludes halogenated alkanes) is 10. The van der Waals surface area contributed by atoms with E-state index in [1.807, 2.05) is 0 Å². The van der Waals surface area contributed by atoms with Gasteiger partial charge in [-0.2, -0.15) is 0 Å². The van der Waals surface area contributed by atoms with Crippen molar-refractivity contribution < 1.29 is 30.0 Å². The number of rotatable bonds is 14. The molecule has 0 aromatic heterocycles. The monoisotopic (exact) mass is 506 g/mol. The van der Waals surface area contributed by atoms with E-state index in [-0.39, 0.29) is 58.9 Å². The second-order valence-electron chi connectivity index (χ2n) is 5.79. The molecule has 0 aliphatic rings. The van der Waals surface area contributed by atoms with Crippen LogP contribution in [0.15, 0.2) is 0 Å². The molecule has 148 valence electrons. The van der Waals surface area contributed by atoms with E-state index in [1.165, 1.54) is 64.2 Å². The maximum Gasteiger partial charge on any atom is 2.00 e. The van der Waals surface area contributed by atoms with Crippen LogP contribution in [0.4, 0.5) is 9.59 Å². The first-order valence-electron chi connectivity index (χ1n) is 9.35. The van der Waals surface area contributed by atoms with Crippen LogP contribution in [0.3, 0.4) is 0 Å². The molecule has 0 bridgehead atoms. The van der Waals surface area contributed by atoms with Crippen molar-refractivity contribution in [3.63, 3.8) is 0 Å². The quantitative estimate of drug-likeness (QED) is 0.256. The Kier molecular flexibility index (Phi) is 43.6. The van der Waals surface area contributed by atoms with E-state index in [9.17, 15) is 0 Å². The second-order valence-corrected chi connectivity index (χ2v) is 10.1. The van der Waals surface area contributed by atoms with Crippen molar-refractivity contribution in [2.24, 2.45) is 0 Å². The Morgan fingerprint density at radius 1 is 0.577 bits per heavy atom. The fourth-order valence-electron chi connectivity index (χ4n) is 2.19. The molecule has 0 radical (unpaired) electrons. The van der Waals surface area contributed by atoms with Crippen LogP contribution >= 0.6 is 0 Å². The maximum absolute atomic E-state index is 8.33. The van der Waals surface area contributed by atoms with Crippen molar-refractivity contribution in [3.05, 3.63) is 0 Å². The van der Waals surface area contributed by atoms with Crippen LogP contribution in [-0.2, 0) is 0 Å². The summed E-state index contributed by atoms with van der Waals surface area (Å²) in [4.78, 5) is 16.7. The van der Waals surface area contributed by atoms with E-state index in [2.05, 4.69) is 13.8 Å². The molecule has 0 fully saturated rings.